The molecule has 112 valence electrons. The van der Waals surface area contributed by atoms with Crippen LogP contribution in [0.2, 0.25) is 5.02 Å². The number of likely N-dealkylation sites (N-methyl/N-ethyl adjacent to an activating group) is 1. The third-order valence-corrected chi connectivity index (χ3v) is 3.96. The zero-order chi connectivity index (χ0) is 15.4. The highest BCUT2D eigenvalue weighted by Crippen LogP contribution is 2.26. The fourth-order valence-electron chi connectivity index (χ4n) is 2.85. The summed E-state index contributed by atoms with van der Waals surface area (Å²) in [7, 11) is 0. The first-order chi connectivity index (χ1) is 10.0. The van der Waals surface area contributed by atoms with Crippen molar-refractivity contribution in [3.63, 3.8) is 0 Å². The Morgan fingerprint density at radius 2 is 1.67 bits per heavy atom. The topological polar surface area (TPSA) is 12.0 Å². The van der Waals surface area contributed by atoms with E-state index in [-0.39, 0.29) is 11.9 Å². The van der Waals surface area contributed by atoms with Gasteiger partial charge in [0.25, 0.3) is 0 Å². The molecule has 2 rings (SSSR count). The van der Waals surface area contributed by atoms with E-state index < -0.39 is 0 Å². The van der Waals surface area contributed by atoms with Crippen molar-refractivity contribution in [2.75, 3.05) is 6.54 Å². The second-order valence-corrected chi connectivity index (χ2v) is 5.83. The van der Waals surface area contributed by atoms with Crippen LogP contribution in [0.15, 0.2) is 36.4 Å². The predicted octanol–water partition coefficient (Wildman–Crippen LogP) is 4.99. The molecule has 1 atom stereocenters. The summed E-state index contributed by atoms with van der Waals surface area (Å²) >= 11 is 5.94. The van der Waals surface area contributed by atoms with E-state index in [0.717, 1.165) is 29.1 Å². The van der Waals surface area contributed by atoms with Crippen molar-refractivity contribution in [1.82, 2.24) is 5.32 Å². The van der Waals surface area contributed by atoms with Gasteiger partial charge in [0.15, 0.2) is 0 Å². The van der Waals surface area contributed by atoms with Crippen LogP contribution in [0.5, 0.6) is 0 Å². The first kappa shape index (κ1) is 16.0. The Morgan fingerprint density at radius 1 is 1.10 bits per heavy atom. The second-order valence-electron chi connectivity index (χ2n) is 5.39. The Balaban J connectivity index is 2.33. The zero-order valence-corrected chi connectivity index (χ0v) is 13.5. The molecular formula is C18H21ClFN. The van der Waals surface area contributed by atoms with Crippen LogP contribution >= 0.6 is 11.6 Å². The summed E-state index contributed by atoms with van der Waals surface area (Å²) < 4.78 is 13.5. The number of benzene rings is 2. The molecule has 0 aliphatic rings. The summed E-state index contributed by atoms with van der Waals surface area (Å²) in [5, 5.41) is 4.25. The molecule has 0 aromatic heterocycles. The lowest BCUT2D eigenvalue weighted by Gasteiger charge is -2.23. The van der Waals surface area contributed by atoms with Crippen LogP contribution in [0.3, 0.4) is 0 Å². The van der Waals surface area contributed by atoms with Crippen molar-refractivity contribution in [2.45, 2.75) is 33.2 Å². The van der Waals surface area contributed by atoms with Crippen LogP contribution in [0, 0.1) is 19.7 Å². The minimum Gasteiger partial charge on any atom is -0.310 e. The fraction of sp³-hybridized carbons (Fsp3) is 0.333. The molecule has 1 N–H and O–H groups in total. The van der Waals surface area contributed by atoms with E-state index in [2.05, 4.69) is 12.2 Å². The molecule has 1 nitrogen and oxygen atoms in total. The molecule has 0 saturated heterocycles. The first-order valence-electron chi connectivity index (χ1n) is 7.25. The van der Waals surface area contributed by atoms with E-state index in [4.69, 9.17) is 11.6 Å². The smallest absolute Gasteiger partial charge is 0.123 e. The first-order valence-corrected chi connectivity index (χ1v) is 7.63. The molecule has 0 amide bonds. The maximum Gasteiger partial charge on any atom is 0.123 e. The van der Waals surface area contributed by atoms with E-state index in [9.17, 15) is 4.39 Å². The summed E-state index contributed by atoms with van der Waals surface area (Å²) in [6.45, 7) is 6.90. The minimum atomic E-state index is -0.171. The van der Waals surface area contributed by atoms with Gasteiger partial charge in [0.1, 0.15) is 5.82 Å². The van der Waals surface area contributed by atoms with Gasteiger partial charge in [-0.2, -0.15) is 0 Å². The number of rotatable bonds is 5. The molecular weight excluding hydrogens is 285 g/mol. The number of hydrogen-bond donors (Lipinski definition) is 1. The summed E-state index contributed by atoms with van der Waals surface area (Å²) in [5.74, 6) is -0.171. The maximum atomic E-state index is 13.5. The summed E-state index contributed by atoms with van der Waals surface area (Å²) in [5.41, 5.74) is 4.39. The molecule has 0 spiro atoms. The third kappa shape index (κ3) is 4.05. The zero-order valence-electron chi connectivity index (χ0n) is 12.7. The number of aryl methyl sites for hydroxylation is 2. The highest BCUT2D eigenvalue weighted by atomic mass is 35.5. The number of nitrogens with one attached hydrogen (secondary N) is 1. The average Bonchev–Trinajstić information content (AvgIpc) is 2.40. The van der Waals surface area contributed by atoms with E-state index in [0.29, 0.717) is 0 Å². The van der Waals surface area contributed by atoms with Crippen LogP contribution in [-0.4, -0.2) is 6.54 Å². The Kier molecular flexibility index (Phi) is 5.38. The molecule has 3 heteroatoms. The molecule has 0 bridgehead atoms. The molecule has 0 fully saturated rings. The van der Waals surface area contributed by atoms with E-state index in [1.807, 2.05) is 38.1 Å². The molecule has 1 unspecified atom stereocenters. The van der Waals surface area contributed by atoms with Crippen molar-refractivity contribution in [3.05, 3.63) is 69.5 Å². The molecule has 0 heterocycles. The average molecular weight is 306 g/mol. The van der Waals surface area contributed by atoms with Gasteiger partial charge in [0.2, 0.25) is 0 Å². The molecule has 0 aliphatic carbocycles. The lowest BCUT2D eigenvalue weighted by molar-refractivity contribution is 0.541. The molecule has 0 radical (unpaired) electrons. The molecule has 0 saturated carbocycles. The standard InChI is InChI=1S/C18H21ClFN/c1-4-21-17(11-14-5-7-15(19)8-6-14)18-12(2)9-16(20)10-13(18)3/h5-10,17,21H,4,11H2,1-3H3. The van der Waals surface area contributed by atoms with Crippen LogP contribution < -0.4 is 5.32 Å². The molecule has 0 aliphatic heterocycles. The van der Waals surface area contributed by atoms with Gasteiger partial charge in [-0.1, -0.05) is 30.7 Å². The van der Waals surface area contributed by atoms with E-state index in [1.165, 1.54) is 11.1 Å². The van der Waals surface area contributed by atoms with Gasteiger partial charge in [-0.05, 0) is 73.3 Å². The van der Waals surface area contributed by atoms with Crippen LogP contribution in [0.25, 0.3) is 0 Å². The van der Waals surface area contributed by atoms with Gasteiger partial charge in [0.05, 0.1) is 0 Å². The second kappa shape index (κ2) is 7.06. The van der Waals surface area contributed by atoms with E-state index in [1.54, 1.807) is 12.1 Å². The van der Waals surface area contributed by atoms with Gasteiger partial charge in [0, 0.05) is 11.1 Å². The van der Waals surface area contributed by atoms with Crippen molar-refractivity contribution >= 4 is 11.6 Å². The van der Waals surface area contributed by atoms with Crippen LogP contribution in [0.4, 0.5) is 4.39 Å². The lowest BCUT2D eigenvalue weighted by atomic mass is 9.91. The Morgan fingerprint density at radius 3 is 2.19 bits per heavy atom. The Hall–Kier alpha value is -1.38. The van der Waals surface area contributed by atoms with Gasteiger partial charge in [-0.15, -0.1) is 0 Å². The quantitative estimate of drug-likeness (QED) is 0.820. The summed E-state index contributed by atoms with van der Waals surface area (Å²) in [4.78, 5) is 0. The van der Waals surface area contributed by atoms with Gasteiger partial charge >= 0.3 is 0 Å². The van der Waals surface area contributed by atoms with Gasteiger partial charge in [-0.25, -0.2) is 4.39 Å². The summed E-state index contributed by atoms with van der Waals surface area (Å²) in [6, 6.07) is 11.3. The Bertz CT molecular complexity index is 584. The van der Waals surface area contributed by atoms with E-state index >= 15 is 0 Å². The molecule has 2 aromatic carbocycles. The highest BCUT2D eigenvalue weighted by molar-refractivity contribution is 6.30. The van der Waals surface area contributed by atoms with Crippen molar-refractivity contribution in [1.29, 1.82) is 0 Å². The monoisotopic (exact) mass is 305 g/mol. The third-order valence-electron chi connectivity index (χ3n) is 3.71. The van der Waals surface area contributed by atoms with Crippen LogP contribution in [0.1, 0.15) is 35.2 Å². The van der Waals surface area contributed by atoms with Crippen molar-refractivity contribution < 1.29 is 4.39 Å². The number of halogens is 2. The summed E-state index contributed by atoms with van der Waals surface area (Å²) in [6.07, 6.45) is 0.859. The molecule has 21 heavy (non-hydrogen) atoms. The van der Waals surface area contributed by atoms with Gasteiger partial charge < -0.3 is 5.32 Å². The molecule has 2 aromatic rings. The maximum absolute atomic E-state index is 13.5. The fourth-order valence-corrected chi connectivity index (χ4v) is 2.98. The minimum absolute atomic E-state index is 0.171. The van der Waals surface area contributed by atoms with Crippen LogP contribution in [-0.2, 0) is 6.42 Å². The van der Waals surface area contributed by atoms with Crippen molar-refractivity contribution in [2.24, 2.45) is 0 Å². The largest absolute Gasteiger partial charge is 0.310 e. The van der Waals surface area contributed by atoms with Crippen molar-refractivity contribution in [3.8, 4) is 0 Å². The Labute approximate surface area is 131 Å². The predicted molar refractivity (Wildman–Crippen MR) is 87.4 cm³/mol. The SMILES string of the molecule is CCNC(Cc1ccc(Cl)cc1)c1c(C)cc(F)cc1C. The number of hydrogen-bond acceptors (Lipinski definition) is 1. The van der Waals surface area contributed by atoms with Gasteiger partial charge in [-0.3, -0.25) is 0 Å². The normalized spacial score (nSPS) is 12.4. The highest BCUT2D eigenvalue weighted by Gasteiger charge is 2.17. The lowest BCUT2D eigenvalue weighted by Crippen LogP contribution is -2.24.